The molecule has 0 radical (unpaired) electrons. The van der Waals surface area contributed by atoms with E-state index in [1.165, 1.54) is 0 Å². The number of carboxylic acid groups (broad SMARTS) is 2. The number of esters is 1. The van der Waals surface area contributed by atoms with Crippen molar-refractivity contribution in [2.75, 3.05) is 120 Å². The van der Waals surface area contributed by atoms with Gasteiger partial charge in [0.2, 0.25) is 0 Å². The van der Waals surface area contributed by atoms with Gasteiger partial charge in [0, 0.05) is 183 Å². The van der Waals surface area contributed by atoms with Gasteiger partial charge in [-0.2, -0.15) is 0 Å². The van der Waals surface area contributed by atoms with Gasteiger partial charge in [0.15, 0.2) is 0 Å². The number of halogens is 6. The number of hydrogen-bond donors (Lipinski definition) is 3. The Bertz CT molecular complexity index is 3500. The van der Waals surface area contributed by atoms with Crippen LogP contribution in [-0.4, -0.2) is 178 Å². The second kappa shape index (κ2) is 38.1. The number of aliphatic hydroxyl groups is 1. The average molecular weight is 1380 g/mol. The Morgan fingerprint density at radius 1 is 0.418 bits per heavy atom. The highest BCUT2D eigenvalue weighted by atomic mass is 35.5. The number of carboxylic acids is 2. The maximum atomic E-state index is 12.6. The number of carbonyl (C=O) groups is 4. The van der Waals surface area contributed by atoms with Gasteiger partial charge < -0.3 is 62.7 Å². The van der Waals surface area contributed by atoms with Gasteiger partial charge in [0.25, 0.3) is 0 Å². The molecule has 0 aliphatic carbocycles. The number of Topliss-reactive ketones (excluding diaryl/α,β-unsaturated/α-hetero) is 1. The molecule has 0 bridgehead atoms. The molecule has 91 heavy (non-hydrogen) atoms. The van der Waals surface area contributed by atoms with Crippen molar-refractivity contribution < 1.29 is 39.2 Å². The number of fused-ring (bicyclic) bond motifs is 4. The van der Waals surface area contributed by atoms with E-state index in [0.717, 1.165) is 116 Å². The fourth-order valence-electron chi connectivity index (χ4n) is 10.9. The number of rotatable bonds is 37. The van der Waals surface area contributed by atoms with Crippen LogP contribution in [0.5, 0.6) is 0 Å². The van der Waals surface area contributed by atoms with Crippen molar-refractivity contribution in [1.82, 2.24) is 38.2 Å². The summed E-state index contributed by atoms with van der Waals surface area (Å²) >= 11 is 35.6. The van der Waals surface area contributed by atoms with E-state index >= 15 is 0 Å². The van der Waals surface area contributed by atoms with Gasteiger partial charge in [-0.25, -0.2) is 19.9 Å². The first-order valence-corrected chi connectivity index (χ1v) is 34.0. The molecule has 0 aliphatic heterocycles. The first-order chi connectivity index (χ1) is 43.9. The normalized spacial score (nSPS) is 11.3. The average Bonchev–Trinajstić information content (AvgIpc) is 1.90. The minimum Gasteiger partial charge on any atom is -0.481 e. The summed E-state index contributed by atoms with van der Waals surface area (Å²) in [5.74, 6) is 5.12. The van der Waals surface area contributed by atoms with Crippen LogP contribution < -0.4 is 19.6 Å². The van der Waals surface area contributed by atoms with Crippen LogP contribution in [0.4, 0.5) is 22.7 Å². The van der Waals surface area contributed by atoms with Crippen LogP contribution in [0.3, 0.4) is 0 Å². The summed E-state index contributed by atoms with van der Waals surface area (Å²) in [6, 6.07) is 24.4. The Labute approximate surface area is 562 Å². The van der Waals surface area contributed by atoms with Crippen molar-refractivity contribution in [2.24, 2.45) is 28.2 Å². The molecule has 0 unspecified atom stereocenters. The monoisotopic (exact) mass is 1370 g/mol. The fourth-order valence-corrected chi connectivity index (χ4v) is 12.1. The van der Waals surface area contributed by atoms with Crippen molar-refractivity contribution in [3.05, 3.63) is 96.1 Å². The topological polar surface area (TPSA) is 222 Å². The number of aromatic nitrogens is 8. The summed E-state index contributed by atoms with van der Waals surface area (Å²) in [6.07, 6.45) is 6.43. The van der Waals surface area contributed by atoms with Gasteiger partial charge >= 0.3 is 17.9 Å². The van der Waals surface area contributed by atoms with Crippen LogP contribution >= 0.6 is 69.6 Å². The minimum atomic E-state index is -0.807. The van der Waals surface area contributed by atoms with Gasteiger partial charge in [-0.15, -0.1) is 69.6 Å². The van der Waals surface area contributed by atoms with Crippen LogP contribution in [0.25, 0.3) is 44.1 Å². The Hall–Kier alpha value is -6.26. The lowest BCUT2D eigenvalue weighted by atomic mass is 10.2. The van der Waals surface area contributed by atoms with Crippen LogP contribution in [0, 0.1) is 0 Å². The molecule has 4 aromatic heterocycles. The summed E-state index contributed by atoms with van der Waals surface area (Å²) in [6.45, 7) is 7.16. The van der Waals surface area contributed by atoms with E-state index in [1.807, 2.05) is 78.6 Å². The van der Waals surface area contributed by atoms with E-state index in [9.17, 15) is 24.3 Å². The molecule has 0 amide bonds. The number of anilines is 4. The zero-order valence-corrected chi connectivity index (χ0v) is 57.3. The zero-order valence-electron chi connectivity index (χ0n) is 52.7. The van der Waals surface area contributed by atoms with Crippen LogP contribution in [0.2, 0.25) is 0 Å². The quantitative estimate of drug-likeness (QED) is 0.0243. The van der Waals surface area contributed by atoms with Crippen LogP contribution in [0.1, 0.15) is 81.6 Å². The van der Waals surface area contributed by atoms with E-state index < -0.39 is 11.9 Å². The molecule has 0 saturated carbocycles. The number of ketones is 1. The summed E-state index contributed by atoms with van der Waals surface area (Å²) in [5, 5.41) is 26.9. The molecule has 4 heterocycles. The van der Waals surface area contributed by atoms with Crippen LogP contribution in [0.15, 0.2) is 72.8 Å². The second-order valence-electron chi connectivity index (χ2n) is 22.0. The number of aryl methyl sites for hydroxylation is 8. The molecular weight excluding hydrogens is 1290 g/mol. The van der Waals surface area contributed by atoms with Gasteiger partial charge in [-0.1, -0.05) is 0 Å². The number of carbonyl (C=O) groups excluding carboxylic acids is 2. The minimum absolute atomic E-state index is 0.0670. The maximum absolute atomic E-state index is 12.6. The van der Waals surface area contributed by atoms with Crippen LogP contribution in [-0.2, 0) is 77.8 Å². The lowest BCUT2D eigenvalue weighted by Crippen LogP contribution is -2.30. The summed E-state index contributed by atoms with van der Waals surface area (Å²) in [4.78, 5) is 72.5. The lowest BCUT2D eigenvalue weighted by Gasteiger charge is -2.23. The number of imidazole rings is 4. The molecule has 26 heteroatoms. The van der Waals surface area contributed by atoms with Crippen molar-refractivity contribution in [2.45, 2.75) is 84.0 Å². The molecule has 20 nitrogen and oxygen atoms in total. The number of aliphatic hydroxyl groups excluding tert-OH is 1. The van der Waals surface area contributed by atoms with Gasteiger partial charge in [0.05, 0.1) is 57.3 Å². The largest absolute Gasteiger partial charge is 0.481 e. The molecule has 8 aromatic rings. The van der Waals surface area contributed by atoms with Crippen molar-refractivity contribution >= 4 is 160 Å². The number of hydrogen-bond acceptors (Lipinski definition) is 14. The highest BCUT2D eigenvalue weighted by Crippen LogP contribution is 2.28. The van der Waals surface area contributed by atoms with Crippen molar-refractivity contribution in [1.29, 1.82) is 0 Å². The van der Waals surface area contributed by atoms with E-state index in [2.05, 4.69) is 65.2 Å². The Morgan fingerprint density at radius 3 is 0.967 bits per heavy atom. The first-order valence-electron chi connectivity index (χ1n) is 30.7. The SMILES string of the molecule is CC(=O)CCCc1nc2cc(N(CCCl)CCCl)ccc2n1C.Cn1c(CCCC(=O)O)nc2cc(N(CCCl)CCOC(=O)CCCc3nc4cc(N(CCCl)CCCl)ccc4n3C)ccc21.Cn1c(CCCC(=O)O)nc2cc(N(CCO)CCCl)ccc21. The third-order valence-corrected chi connectivity index (χ3v) is 16.7. The van der Waals surface area contributed by atoms with Crippen molar-refractivity contribution in [3.63, 3.8) is 0 Å². The Kier molecular flexibility index (Phi) is 30.9. The lowest BCUT2D eigenvalue weighted by molar-refractivity contribution is -0.143. The molecule has 0 aliphatic rings. The molecule has 0 saturated heterocycles. The van der Waals surface area contributed by atoms with Gasteiger partial charge in [0.1, 0.15) is 35.7 Å². The van der Waals surface area contributed by atoms with E-state index in [1.54, 1.807) is 6.92 Å². The number of benzene rings is 4. The third-order valence-electron chi connectivity index (χ3n) is 15.7. The summed E-state index contributed by atoms with van der Waals surface area (Å²) in [5.41, 5.74) is 11.7. The Balaban J connectivity index is 0.000000240. The van der Waals surface area contributed by atoms with Crippen molar-refractivity contribution in [3.8, 4) is 0 Å². The smallest absolute Gasteiger partial charge is 0.305 e. The highest BCUT2D eigenvalue weighted by molar-refractivity contribution is 6.19. The number of alkyl halides is 6. The predicted molar refractivity (Wildman–Crippen MR) is 372 cm³/mol. The standard InChI is InChI=1S/C32H41Cl3N6O4.C17H23Cl2N3O.C16H22ClN3O3/c1-38-28-12-10-24(22-26(28)36-29(38)5-3-7-31(42)43)41(18-15-35)19-20-45-32(44)8-4-6-30-37-25-21-23(9-11-27(25)39(30)2)40(16-13-33)17-14-34;1-13(23)4-3-5-17-20-15-12-14(6-7-16(15)21(17)2)22(10-8-18)11-9-19;1-19-14-6-5-12(20(8-7-17)9-10-21)11-13(14)18-15(19)3-2-4-16(22)23/h9-12,21-22H,3-8,13-20H2,1-2H3,(H,42,43);6-7,12H,3-5,8-11H2,1-2H3;5-6,11,21H,2-4,7-10H2,1H3,(H,22,23). The molecule has 0 atom stereocenters. The molecule has 4 aromatic carbocycles. The van der Waals surface area contributed by atoms with Gasteiger partial charge in [-0.3, -0.25) is 14.4 Å². The number of nitrogens with zero attached hydrogens (tertiary/aromatic N) is 12. The summed E-state index contributed by atoms with van der Waals surface area (Å²) in [7, 11) is 7.89. The zero-order chi connectivity index (χ0) is 66.0. The second-order valence-corrected chi connectivity index (χ2v) is 24.2. The fraction of sp³-hybridized carbons (Fsp3) is 0.508. The molecule has 0 fully saturated rings. The maximum Gasteiger partial charge on any atom is 0.305 e. The highest BCUT2D eigenvalue weighted by Gasteiger charge is 2.18. The summed E-state index contributed by atoms with van der Waals surface area (Å²) < 4.78 is 13.8. The molecule has 3 N–H and O–H groups in total. The van der Waals surface area contributed by atoms with E-state index in [0.29, 0.717) is 126 Å². The molecule has 8 rings (SSSR count). The van der Waals surface area contributed by atoms with Gasteiger partial charge in [-0.05, 0) is 105 Å². The molecule has 496 valence electrons. The number of aliphatic carboxylic acids is 2. The Morgan fingerprint density at radius 2 is 0.692 bits per heavy atom. The molecular formula is C65H86Cl6N12O8. The van der Waals surface area contributed by atoms with E-state index in [4.69, 9.17) is 99.5 Å². The third kappa shape index (κ3) is 21.7. The van der Waals surface area contributed by atoms with E-state index in [-0.39, 0.29) is 37.8 Å². The molecule has 0 spiro atoms. The first kappa shape index (κ1) is 73.8. The number of ether oxygens (including phenoxy) is 1. The predicted octanol–water partition coefficient (Wildman–Crippen LogP) is 11.5.